The summed E-state index contributed by atoms with van der Waals surface area (Å²) in [7, 11) is 0. The Balaban J connectivity index is 1.80. The lowest BCUT2D eigenvalue weighted by atomic mass is 10.0. The van der Waals surface area contributed by atoms with E-state index in [9.17, 15) is 0 Å². The number of halogens is 1. The van der Waals surface area contributed by atoms with Crippen molar-refractivity contribution in [2.45, 2.75) is 45.1 Å². The van der Waals surface area contributed by atoms with E-state index < -0.39 is 0 Å². The van der Waals surface area contributed by atoms with Gasteiger partial charge in [-0.05, 0) is 63.3 Å². The van der Waals surface area contributed by atoms with E-state index in [0.29, 0.717) is 6.61 Å². The van der Waals surface area contributed by atoms with Crippen LogP contribution in [0.3, 0.4) is 0 Å². The minimum absolute atomic E-state index is 0.659. The summed E-state index contributed by atoms with van der Waals surface area (Å²) in [6.45, 7) is 3.82. The number of rotatable bonds is 6. The van der Waals surface area contributed by atoms with Gasteiger partial charge in [-0.25, -0.2) is 0 Å². The third kappa shape index (κ3) is 3.89. The van der Waals surface area contributed by atoms with Gasteiger partial charge in [0.2, 0.25) is 0 Å². The van der Waals surface area contributed by atoms with Crippen LogP contribution < -0.4 is 10.1 Å². The first kappa shape index (κ1) is 13.7. The Morgan fingerprint density at radius 1 is 1.44 bits per heavy atom. The standard InChI is InChI=1S/C15H22ClNO/c1-2-18-15-9-8-12(11-14(15)16)5-3-6-13-7-4-10-17-13/h8-9,11,13,17H,2-7,10H2,1H3. The molecule has 1 saturated heterocycles. The summed E-state index contributed by atoms with van der Waals surface area (Å²) in [5.41, 5.74) is 1.31. The van der Waals surface area contributed by atoms with Crippen LogP contribution in [0.5, 0.6) is 5.75 Å². The molecule has 1 atom stereocenters. The fourth-order valence-corrected chi connectivity index (χ4v) is 2.79. The van der Waals surface area contributed by atoms with Crippen molar-refractivity contribution in [3.63, 3.8) is 0 Å². The maximum atomic E-state index is 6.18. The number of hydrogen-bond donors (Lipinski definition) is 1. The molecule has 2 nitrogen and oxygen atoms in total. The molecule has 0 spiro atoms. The molecule has 2 rings (SSSR count). The van der Waals surface area contributed by atoms with Crippen LogP contribution in [0.25, 0.3) is 0 Å². The Hall–Kier alpha value is -0.730. The van der Waals surface area contributed by atoms with Gasteiger partial charge >= 0.3 is 0 Å². The molecule has 0 bridgehead atoms. The fraction of sp³-hybridized carbons (Fsp3) is 0.600. The minimum atomic E-state index is 0.659. The Bertz CT molecular complexity index is 375. The van der Waals surface area contributed by atoms with Crippen LogP contribution in [0, 0.1) is 0 Å². The van der Waals surface area contributed by atoms with E-state index in [0.717, 1.165) is 23.2 Å². The molecule has 1 aromatic carbocycles. The molecule has 1 unspecified atom stereocenters. The average Bonchev–Trinajstić information content (AvgIpc) is 2.86. The van der Waals surface area contributed by atoms with Crippen LogP contribution >= 0.6 is 11.6 Å². The fourth-order valence-electron chi connectivity index (χ4n) is 2.53. The SMILES string of the molecule is CCOc1ccc(CCCC2CCCN2)cc1Cl. The molecule has 1 aliphatic rings. The quantitative estimate of drug-likeness (QED) is 0.846. The van der Waals surface area contributed by atoms with Gasteiger partial charge in [0, 0.05) is 6.04 Å². The molecule has 0 aromatic heterocycles. The summed E-state index contributed by atoms with van der Waals surface area (Å²) in [4.78, 5) is 0. The molecule has 18 heavy (non-hydrogen) atoms. The molecule has 0 amide bonds. The van der Waals surface area contributed by atoms with E-state index in [4.69, 9.17) is 16.3 Å². The van der Waals surface area contributed by atoms with Crippen molar-refractivity contribution >= 4 is 11.6 Å². The number of ether oxygens (including phenoxy) is 1. The third-order valence-corrected chi connectivity index (χ3v) is 3.77. The summed E-state index contributed by atoms with van der Waals surface area (Å²) in [5, 5.41) is 4.26. The zero-order valence-electron chi connectivity index (χ0n) is 11.0. The maximum absolute atomic E-state index is 6.18. The number of hydrogen-bond acceptors (Lipinski definition) is 2. The van der Waals surface area contributed by atoms with E-state index in [1.807, 2.05) is 19.1 Å². The molecule has 0 radical (unpaired) electrons. The molecule has 0 saturated carbocycles. The highest BCUT2D eigenvalue weighted by molar-refractivity contribution is 6.32. The van der Waals surface area contributed by atoms with Crippen LogP contribution in [-0.4, -0.2) is 19.2 Å². The second-order valence-electron chi connectivity index (χ2n) is 4.88. The first-order valence-corrected chi connectivity index (χ1v) is 7.32. The topological polar surface area (TPSA) is 21.3 Å². The lowest BCUT2D eigenvalue weighted by Crippen LogP contribution is -2.20. The molecule has 1 aliphatic heterocycles. The molecule has 1 aromatic rings. The molecule has 1 N–H and O–H groups in total. The summed E-state index contributed by atoms with van der Waals surface area (Å²) in [6, 6.07) is 6.88. The highest BCUT2D eigenvalue weighted by Crippen LogP contribution is 2.26. The van der Waals surface area contributed by atoms with Crippen molar-refractivity contribution in [3.8, 4) is 5.75 Å². The summed E-state index contributed by atoms with van der Waals surface area (Å²) in [5.74, 6) is 0.792. The molecule has 1 fully saturated rings. The van der Waals surface area contributed by atoms with Crippen molar-refractivity contribution in [2.24, 2.45) is 0 Å². The highest BCUT2D eigenvalue weighted by atomic mass is 35.5. The van der Waals surface area contributed by atoms with Crippen molar-refractivity contribution in [1.29, 1.82) is 0 Å². The van der Waals surface area contributed by atoms with Crippen molar-refractivity contribution in [1.82, 2.24) is 5.32 Å². The van der Waals surface area contributed by atoms with E-state index >= 15 is 0 Å². The highest BCUT2D eigenvalue weighted by Gasteiger charge is 2.13. The number of aryl methyl sites for hydroxylation is 1. The van der Waals surface area contributed by atoms with Gasteiger partial charge in [0.15, 0.2) is 0 Å². The second-order valence-corrected chi connectivity index (χ2v) is 5.29. The Morgan fingerprint density at radius 2 is 2.33 bits per heavy atom. The van der Waals surface area contributed by atoms with Gasteiger partial charge < -0.3 is 10.1 Å². The van der Waals surface area contributed by atoms with Gasteiger partial charge in [-0.3, -0.25) is 0 Å². The summed E-state index contributed by atoms with van der Waals surface area (Å²) < 4.78 is 5.44. The second kappa shape index (κ2) is 7.01. The van der Waals surface area contributed by atoms with Gasteiger partial charge in [-0.1, -0.05) is 17.7 Å². The van der Waals surface area contributed by atoms with Gasteiger partial charge in [-0.2, -0.15) is 0 Å². The van der Waals surface area contributed by atoms with Gasteiger partial charge in [0.25, 0.3) is 0 Å². The van der Waals surface area contributed by atoms with E-state index in [1.54, 1.807) is 0 Å². The number of benzene rings is 1. The van der Waals surface area contributed by atoms with Crippen molar-refractivity contribution in [3.05, 3.63) is 28.8 Å². The van der Waals surface area contributed by atoms with E-state index in [2.05, 4.69) is 11.4 Å². The molecule has 1 heterocycles. The van der Waals surface area contributed by atoms with Crippen LogP contribution in [-0.2, 0) is 6.42 Å². The average molecular weight is 268 g/mol. The van der Waals surface area contributed by atoms with Gasteiger partial charge in [-0.15, -0.1) is 0 Å². The molecule has 3 heteroatoms. The Morgan fingerprint density at radius 3 is 3.00 bits per heavy atom. The van der Waals surface area contributed by atoms with Gasteiger partial charge in [0.05, 0.1) is 11.6 Å². The Labute approximate surface area is 115 Å². The van der Waals surface area contributed by atoms with Gasteiger partial charge in [0.1, 0.15) is 5.75 Å². The maximum Gasteiger partial charge on any atom is 0.137 e. The molecule has 0 aliphatic carbocycles. The monoisotopic (exact) mass is 267 g/mol. The normalized spacial score (nSPS) is 19.1. The molecular formula is C15H22ClNO. The minimum Gasteiger partial charge on any atom is -0.492 e. The van der Waals surface area contributed by atoms with Crippen LogP contribution in [0.15, 0.2) is 18.2 Å². The Kier molecular flexibility index (Phi) is 5.33. The van der Waals surface area contributed by atoms with Crippen LogP contribution in [0.1, 0.15) is 38.2 Å². The molecule has 100 valence electrons. The first-order chi connectivity index (χ1) is 8.79. The molecular weight excluding hydrogens is 246 g/mol. The lowest BCUT2D eigenvalue weighted by Gasteiger charge is -2.10. The predicted octanol–water partition coefficient (Wildman–Crippen LogP) is 3.81. The zero-order valence-corrected chi connectivity index (χ0v) is 11.8. The zero-order chi connectivity index (χ0) is 12.8. The lowest BCUT2D eigenvalue weighted by molar-refractivity contribution is 0.340. The van der Waals surface area contributed by atoms with Crippen LogP contribution in [0.2, 0.25) is 5.02 Å². The van der Waals surface area contributed by atoms with E-state index in [1.165, 1.54) is 37.8 Å². The first-order valence-electron chi connectivity index (χ1n) is 6.94. The van der Waals surface area contributed by atoms with Crippen molar-refractivity contribution < 1.29 is 4.74 Å². The summed E-state index contributed by atoms with van der Waals surface area (Å²) in [6.07, 6.45) is 6.26. The van der Waals surface area contributed by atoms with Crippen LogP contribution in [0.4, 0.5) is 0 Å². The van der Waals surface area contributed by atoms with E-state index in [-0.39, 0.29) is 0 Å². The smallest absolute Gasteiger partial charge is 0.137 e. The van der Waals surface area contributed by atoms with Crippen molar-refractivity contribution in [2.75, 3.05) is 13.2 Å². The number of nitrogens with one attached hydrogen (secondary N) is 1. The third-order valence-electron chi connectivity index (χ3n) is 3.48. The predicted molar refractivity (Wildman–Crippen MR) is 76.6 cm³/mol. The largest absolute Gasteiger partial charge is 0.492 e. The summed E-state index contributed by atoms with van der Waals surface area (Å²) >= 11 is 6.18.